The van der Waals surface area contributed by atoms with E-state index >= 15 is 0 Å². The highest BCUT2D eigenvalue weighted by molar-refractivity contribution is 7.07. The summed E-state index contributed by atoms with van der Waals surface area (Å²) < 4.78 is 2.02. The molecule has 0 unspecified atom stereocenters. The van der Waals surface area contributed by atoms with Crippen molar-refractivity contribution in [3.05, 3.63) is 39.8 Å². The van der Waals surface area contributed by atoms with Gasteiger partial charge < -0.3 is 5.32 Å². The van der Waals surface area contributed by atoms with Gasteiger partial charge in [-0.1, -0.05) is 6.92 Å². The zero-order chi connectivity index (χ0) is 11.4. The first kappa shape index (κ1) is 11.4. The summed E-state index contributed by atoms with van der Waals surface area (Å²) in [5.41, 5.74) is 3.73. The molecule has 0 amide bonds. The summed E-state index contributed by atoms with van der Waals surface area (Å²) in [4.78, 5) is 0. The van der Waals surface area contributed by atoms with Crippen molar-refractivity contribution in [2.24, 2.45) is 0 Å². The van der Waals surface area contributed by atoms with E-state index in [4.69, 9.17) is 0 Å². The summed E-state index contributed by atoms with van der Waals surface area (Å²) >= 11 is 1.73. The van der Waals surface area contributed by atoms with Crippen LogP contribution in [-0.4, -0.2) is 16.3 Å². The van der Waals surface area contributed by atoms with Crippen LogP contribution in [0.1, 0.15) is 23.7 Å². The van der Waals surface area contributed by atoms with E-state index in [0.717, 1.165) is 25.3 Å². The minimum Gasteiger partial charge on any atom is -0.313 e. The molecule has 0 aliphatic heterocycles. The maximum atomic E-state index is 4.52. The molecule has 0 saturated carbocycles. The maximum Gasteiger partial charge on any atom is 0.0667 e. The molecular formula is C12H17N3S. The van der Waals surface area contributed by atoms with E-state index in [0.29, 0.717) is 0 Å². The lowest BCUT2D eigenvalue weighted by molar-refractivity contribution is 0.679. The summed E-state index contributed by atoms with van der Waals surface area (Å²) in [6.07, 6.45) is 2.13. The summed E-state index contributed by atoms with van der Waals surface area (Å²) in [5.74, 6) is 0. The van der Waals surface area contributed by atoms with Crippen LogP contribution in [0.5, 0.6) is 0 Å². The second-order valence-electron chi connectivity index (χ2n) is 3.85. The first-order chi connectivity index (χ1) is 7.79. The fourth-order valence-corrected chi connectivity index (χ4v) is 2.30. The molecule has 0 fully saturated rings. The van der Waals surface area contributed by atoms with Crippen LogP contribution in [0.2, 0.25) is 0 Å². The zero-order valence-electron chi connectivity index (χ0n) is 9.73. The summed E-state index contributed by atoms with van der Waals surface area (Å²) in [5, 5.41) is 12.1. The van der Waals surface area contributed by atoms with Crippen LogP contribution in [0.3, 0.4) is 0 Å². The molecule has 2 heterocycles. The molecule has 0 bridgehead atoms. The molecular weight excluding hydrogens is 218 g/mol. The molecule has 2 aromatic heterocycles. The average Bonchev–Trinajstić information content (AvgIpc) is 2.86. The highest BCUT2D eigenvalue weighted by atomic mass is 32.1. The van der Waals surface area contributed by atoms with Crippen molar-refractivity contribution >= 4 is 11.3 Å². The van der Waals surface area contributed by atoms with Crippen LogP contribution < -0.4 is 5.32 Å². The Morgan fingerprint density at radius 2 is 2.38 bits per heavy atom. The van der Waals surface area contributed by atoms with Gasteiger partial charge in [-0.3, -0.25) is 4.68 Å². The molecule has 1 N–H and O–H groups in total. The van der Waals surface area contributed by atoms with Gasteiger partial charge in [-0.05, 0) is 35.9 Å². The number of rotatable bonds is 5. The van der Waals surface area contributed by atoms with E-state index in [-0.39, 0.29) is 0 Å². The molecule has 2 rings (SSSR count). The topological polar surface area (TPSA) is 29.9 Å². The third-order valence-electron chi connectivity index (χ3n) is 2.54. The molecule has 0 spiro atoms. The highest BCUT2D eigenvalue weighted by Gasteiger charge is 2.04. The number of nitrogens with one attached hydrogen (secondary N) is 1. The predicted molar refractivity (Wildman–Crippen MR) is 67.8 cm³/mol. The van der Waals surface area contributed by atoms with E-state index in [1.165, 1.54) is 11.1 Å². The number of hydrogen-bond donors (Lipinski definition) is 1. The number of hydrogen-bond acceptors (Lipinski definition) is 3. The number of nitrogens with zero attached hydrogens (tertiary/aromatic N) is 2. The third-order valence-corrected chi connectivity index (χ3v) is 3.27. The smallest absolute Gasteiger partial charge is 0.0667 e. The largest absolute Gasteiger partial charge is 0.313 e. The van der Waals surface area contributed by atoms with E-state index in [1.54, 1.807) is 11.3 Å². The van der Waals surface area contributed by atoms with Gasteiger partial charge in [-0.15, -0.1) is 0 Å². The van der Waals surface area contributed by atoms with E-state index < -0.39 is 0 Å². The maximum absolute atomic E-state index is 4.52. The predicted octanol–water partition coefficient (Wildman–Crippen LogP) is 2.41. The van der Waals surface area contributed by atoms with Gasteiger partial charge in [0.2, 0.25) is 0 Å². The average molecular weight is 235 g/mol. The van der Waals surface area contributed by atoms with Gasteiger partial charge in [-0.25, -0.2) is 0 Å². The Balaban J connectivity index is 2.05. The first-order valence-electron chi connectivity index (χ1n) is 5.54. The second kappa shape index (κ2) is 5.27. The number of thiophene rings is 1. The van der Waals surface area contributed by atoms with Crippen molar-refractivity contribution in [1.29, 1.82) is 0 Å². The Kier molecular flexibility index (Phi) is 3.74. The minimum atomic E-state index is 0.871. The van der Waals surface area contributed by atoms with Gasteiger partial charge in [-0.2, -0.15) is 16.4 Å². The van der Waals surface area contributed by atoms with Gasteiger partial charge in [0.25, 0.3) is 0 Å². The molecule has 3 nitrogen and oxygen atoms in total. The first-order valence-corrected chi connectivity index (χ1v) is 6.48. The summed E-state index contributed by atoms with van der Waals surface area (Å²) in [6.45, 7) is 6.96. The van der Waals surface area contributed by atoms with Crippen molar-refractivity contribution in [2.75, 3.05) is 6.54 Å². The van der Waals surface area contributed by atoms with E-state index in [1.807, 2.05) is 4.68 Å². The summed E-state index contributed by atoms with van der Waals surface area (Å²) in [7, 11) is 0. The van der Waals surface area contributed by atoms with Crippen molar-refractivity contribution in [3.63, 3.8) is 0 Å². The monoisotopic (exact) mass is 235 g/mol. The Hall–Kier alpha value is -1.13. The summed E-state index contributed by atoms with van der Waals surface area (Å²) in [6, 6.07) is 2.14. The Labute approximate surface area is 100 Å². The molecule has 0 aromatic carbocycles. The molecule has 4 heteroatoms. The quantitative estimate of drug-likeness (QED) is 0.862. The van der Waals surface area contributed by atoms with Crippen molar-refractivity contribution in [2.45, 2.75) is 26.9 Å². The van der Waals surface area contributed by atoms with E-state index in [2.05, 4.69) is 47.3 Å². The second-order valence-corrected chi connectivity index (χ2v) is 4.63. The van der Waals surface area contributed by atoms with Crippen molar-refractivity contribution < 1.29 is 0 Å². The van der Waals surface area contributed by atoms with Crippen LogP contribution in [0.15, 0.2) is 23.0 Å². The normalized spacial score (nSPS) is 10.9. The Bertz CT molecular complexity index is 431. The van der Waals surface area contributed by atoms with Gasteiger partial charge in [0.15, 0.2) is 0 Å². The Morgan fingerprint density at radius 1 is 1.50 bits per heavy atom. The van der Waals surface area contributed by atoms with Crippen LogP contribution in [0, 0.1) is 6.92 Å². The van der Waals surface area contributed by atoms with Crippen molar-refractivity contribution in [1.82, 2.24) is 15.1 Å². The fraction of sp³-hybridized carbons (Fsp3) is 0.417. The van der Waals surface area contributed by atoms with Crippen LogP contribution in [0.4, 0.5) is 0 Å². The van der Waals surface area contributed by atoms with Crippen LogP contribution in [-0.2, 0) is 13.1 Å². The van der Waals surface area contributed by atoms with Crippen LogP contribution >= 0.6 is 11.3 Å². The van der Waals surface area contributed by atoms with Gasteiger partial charge >= 0.3 is 0 Å². The molecule has 0 aliphatic rings. The minimum absolute atomic E-state index is 0.871. The van der Waals surface area contributed by atoms with Gasteiger partial charge in [0.05, 0.1) is 12.2 Å². The number of aromatic nitrogens is 2. The molecule has 0 radical (unpaired) electrons. The van der Waals surface area contributed by atoms with Gasteiger partial charge in [0.1, 0.15) is 0 Å². The highest BCUT2D eigenvalue weighted by Crippen LogP contribution is 2.10. The lowest BCUT2D eigenvalue weighted by Crippen LogP contribution is -2.11. The standard InChI is InChI=1S/C12H17N3S/c1-3-13-6-12-8-15(14-10(12)2)7-11-4-5-16-9-11/h4-5,8-9,13H,3,6-7H2,1-2H3. The fourth-order valence-electron chi connectivity index (χ4n) is 1.64. The lowest BCUT2D eigenvalue weighted by atomic mass is 10.2. The molecule has 86 valence electrons. The van der Waals surface area contributed by atoms with Crippen molar-refractivity contribution in [3.8, 4) is 0 Å². The lowest BCUT2D eigenvalue weighted by Gasteiger charge is -1.98. The zero-order valence-corrected chi connectivity index (χ0v) is 10.5. The molecule has 0 aliphatic carbocycles. The van der Waals surface area contributed by atoms with Crippen LogP contribution in [0.25, 0.3) is 0 Å². The molecule has 2 aromatic rings. The third kappa shape index (κ3) is 2.71. The van der Waals surface area contributed by atoms with E-state index in [9.17, 15) is 0 Å². The molecule has 0 saturated heterocycles. The molecule has 0 atom stereocenters. The SMILES string of the molecule is CCNCc1cn(Cc2ccsc2)nc1C. The Morgan fingerprint density at radius 3 is 3.06 bits per heavy atom. The number of aryl methyl sites for hydroxylation is 1. The molecule has 16 heavy (non-hydrogen) atoms. The van der Waals surface area contributed by atoms with Gasteiger partial charge in [0, 0.05) is 18.3 Å².